The van der Waals surface area contributed by atoms with E-state index in [9.17, 15) is 9.59 Å². The van der Waals surface area contributed by atoms with E-state index in [4.69, 9.17) is 21.1 Å². The fourth-order valence-corrected chi connectivity index (χ4v) is 4.05. The lowest BCUT2D eigenvalue weighted by Crippen LogP contribution is -2.40. The van der Waals surface area contributed by atoms with Crippen molar-refractivity contribution in [3.8, 4) is 0 Å². The number of hydrogen-bond acceptors (Lipinski definition) is 4. The number of nitrogens with zero attached hydrogens (tertiary/aromatic N) is 1. The first-order valence-corrected chi connectivity index (χ1v) is 8.04. The molecule has 2 saturated heterocycles. The fourth-order valence-electron chi connectivity index (χ4n) is 3.87. The molecule has 1 aromatic rings. The molecule has 120 valence electrons. The Balaban J connectivity index is 1.70. The molecule has 3 heterocycles. The molecule has 4 atom stereocenters. The molecule has 6 heteroatoms. The van der Waals surface area contributed by atoms with E-state index in [2.05, 4.69) is 0 Å². The number of rotatable bonds is 3. The van der Waals surface area contributed by atoms with Gasteiger partial charge in [0, 0.05) is 10.7 Å². The van der Waals surface area contributed by atoms with Crippen molar-refractivity contribution in [3.63, 3.8) is 0 Å². The predicted octanol–water partition coefficient (Wildman–Crippen LogP) is 2.19. The van der Waals surface area contributed by atoms with Crippen LogP contribution in [-0.2, 0) is 19.1 Å². The van der Waals surface area contributed by atoms with Gasteiger partial charge >= 0.3 is 5.97 Å². The minimum Gasteiger partial charge on any atom is -0.466 e. The average molecular weight is 334 g/mol. The largest absolute Gasteiger partial charge is 0.466 e. The second kappa shape index (κ2) is 5.08. The summed E-state index contributed by atoms with van der Waals surface area (Å²) in [6, 6.07) is 7.13. The summed E-state index contributed by atoms with van der Waals surface area (Å²) in [6.45, 7) is 2.43. The Morgan fingerprint density at radius 1 is 1.52 bits per heavy atom. The Hall–Kier alpha value is -1.85. The molecular weight excluding hydrogens is 318 g/mol. The molecule has 3 aliphatic heterocycles. The van der Waals surface area contributed by atoms with Crippen molar-refractivity contribution in [1.29, 1.82) is 0 Å². The summed E-state index contributed by atoms with van der Waals surface area (Å²) in [6.07, 6.45) is 3.41. The molecule has 0 aliphatic carbocycles. The highest BCUT2D eigenvalue weighted by Gasteiger charge is 2.67. The van der Waals surface area contributed by atoms with Crippen molar-refractivity contribution in [2.24, 2.45) is 11.8 Å². The van der Waals surface area contributed by atoms with Crippen LogP contribution in [0.25, 0.3) is 0 Å². The Morgan fingerprint density at radius 2 is 2.35 bits per heavy atom. The SMILES string of the molecule is CCOC(=O)[C@@H]1[C@H]2C(=O)N(c3cccc(Cl)c3)C[C@@]23C=C[C@H]1O3. The number of esters is 1. The smallest absolute Gasteiger partial charge is 0.312 e. The Morgan fingerprint density at radius 3 is 3.09 bits per heavy atom. The van der Waals surface area contributed by atoms with Gasteiger partial charge in [-0.05, 0) is 25.1 Å². The standard InChI is InChI=1S/C17H16ClNO4/c1-2-22-16(21)13-12-6-7-17(23-12)9-19(15(20)14(13)17)11-5-3-4-10(18)8-11/h3-8,12-14H,2,9H2,1H3/t12-,13+,14+,17+/m1/s1. The molecule has 5 nitrogen and oxygen atoms in total. The zero-order chi connectivity index (χ0) is 16.2. The van der Waals surface area contributed by atoms with E-state index >= 15 is 0 Å². The molecule has 1 amide bonds. The minimum atomic E-state index is -0.735. The summed E-state index contributed by atoms with van der Waals surface area (Å²) in [5.74, 6) is -1.58. The van der Waals surface area contributed by atoms with Crippen molar-refractivity contribution in [1.82, 2.24) is 0 Å². The molecule has 1 aromatic carbocycles. The number of halogens is 1. The minimum absolute atomic E-state index is 0.114. The quantitative estimate of drug-likeness (QED) is 0.628. The van der Waals surface area contributed by atoms with Gasteiger partial charge in [-0.25, -0.2) is 0 Å². The lowest BCUT2D eigenvalue weighted by Gasteiger charge is -2.22. The number of ether oxygens (including phenoxy) is 2. The van der Waals surface area contributed by atoms with Crippen molar-refractivity contribution in [2.45, 2.75) is 18.6 Å². The van der Waals surface area contributed by atoms with Gasteiger partial charge in [-0.2, -0.15) is 0 Å². The molecule has 3 aliphatic rings. The molecule has 23 heavy (non-hydrogen) atoms. The van der Waals surface area contributed by atoms with Crippen molar-refractivity contribution < 1.29 is 19.1 Å². The van der Waals surface area contributed by atoms with Crippen LogP contribution in [0.15, 0.2) is 36.4 Å². The van der Waals surface area contributed by atoms with E-state index in [0.29, 0.717) is 17.3 Å². The maximum absolute atomic E-state index is 13.0. The van der Waals surface area contributed by atoms with E-state index in [1.54, 1.807) is 30.0 Å². The zero-order valence-electron chi connectivity index (χ0n) is 12.6. The van der Waals surface area contributed by atoms with Crippen LogP contribution in [0.3, 0.4) is 0 Å². The zero-order valence-corrected chi connectivity index (χ0v) is 13.3. The number of hydrogen-bond donors (Lipinski definition) is 0. The number of carbonyl (C=O) groups excluding carboxylic acids is 2. The van der Waals surface area contributed by atoms with Gasteiger partial charge < -0.3 is 14.4 Å². The van der Waals surface area contributed by atoms with Gasteiger partial charge in [0.05, 0.1) is 25.2 Å². The van der Waals surface area contributed by atoms with Gasteiger partial charge in [0.1, 0.15) is 11.5 Å². The predicted molar refractivity (Wildman–Crippen MR) is 84.2 cm³/mol. The number of amides is 1. The maximum Gasteiger partial charge on any atom is 0.312 e. The second-order valence-corrected chi connectivity index (χ2v) is 6.49. The second-order valence-electron chi connectivity index (χ2n) is 6.06. The monoisotopic (exact) mass is 333 g/mol. The Kier molecular flexibility index (Phi) is 3.25. The van der Waals surface area contributed by atoms with E-state index < -0.39 is 17.4 Å². The van der Waals surface area contributed by atoms with Crippen molar-refractivity contribution >= 4 is 29.2 Å². The lowest BCUT2D eigenvalue weighted by atomic mass is 9.77. The fraction of sp³-hybridized carbons (Fsp3) is 0.412. The summed E-state index contributed by atoms with van der Waals surface area (Å²) in [5.41, 5.74) is -0.0177. The molecular formula is C17H16ClNO4. The number of carbonyl (C=O) groups is 2. The van der Waals surface area contributed by atoms with Crippen LogP contribution < -0.4 is 4.90 Å². The van der Waals surface area contributed by atoms with E-state index in [1.807, 2.05) is 18.2 Å². The first-order chi connectivity index (χ1) is 11.1. The van der Waals surface area contributed by atoms with Crippen LogP contribution >= 0.6 is 11.6 Å². The lowest BCUT2D eigenvalue weighted by molar-refractivity contribution is -0.151. The van der Waals surface area contributed by atoms with Crippen LogP contribution in [0.5, 0.6) is 0 Å². The van der Waals surface area contributed by atoms with Gasteiger partial charge in [-0.1, -0.05) is 29.8 Å². The third-order valence-electron chi connectivity index (χ3n) is 4.78. The normalized spacial score (nSPS) is 34.1. The number of benzene rings is 1. The summed E-state index contributed by atoms with van der Waals surface area (Å²) in [7, 11) is 0. The van der Waals surface area contributed by atoms with Gasteiger partial charge in [0.2, 0.25) is 5.91 Å². The third kappa shape index (κ3) is 2.03. The summed E-state index contributed by atoms with van der Waals surface area (Å²) < 4.78 is 11.2. The van der Waals surface area contributed by atoms with Gasteiger partial charge in [-0.3, -0.25) is 9.59 Å². The molecule has 1 spiro atoms. The van der Waals surface area contributed by atoms with Crippen LogP contribution in [0.1, 0.15) is 6.92 Å². The molecule has 0 aromatic heterocycles. The highest BCUT2D eigenvalue weighted by Crippen LogP contribution is 2.52. The van der Waals surface area contributed by atoms with Gasteiger partial charge in [0.15, 0.2) is 0 Å². The molecule has 2 fully saturated rings. The van der Waals surface area contributed by atoms with Crippen LogP contribution in [0, 0.1) is 11.8 Å². The molecule has 4 rings (SSSR count). The molecule has 0 unspecified atom stereocenters. The number of fused-ring (bicyclic) bond motifs is 1. The van der Waals surface area contributed by atoms with Crippen molar-refractivity contribution in [2.75, 3.05) is 18.1 Å². The maximum atomic E-state index is 13.0. The molecule has 0 saturated carbocycles. The van der Waals surface area contributed by atoms with Gasteiger partial charge in [0.25, 0.3) is 0 Å². The van der Waals surface area contributed by atoms with Crippen molar-refractivity contribution in [3.05, 3.63) is 41.4 Å². The molecule has 0 radical (unpaired) electrons. The first kappa shape index (κ1) is 14.7. The molecule has 0 N–H and O–H groups in total. The third-order valence-corrected chi connectivity index (χ3v) is 5.01. The van der Waals surface area contributed by atoms with E-state index in [-0.39, 0.29) is 24.6 Å². The molecule has 2 bridgehead atoms. The summed E-state index contributed by atoms with van der Waals surface area (Å²) in [5, 5.41) is 0.563. The Labute approximate surface area is 138 Å². The Bertz CT molecular complexity index is 718. The highest BCUT2D eigenvalue weighted by atomic mass is 35.5. The van der Waals surface area contributed by atoms with Crippen LogP contribution in [-0.4, -0.2) is 36.7 Å². The first-order valence-electron chi connectivity index (χ1n) is 7.66. The topological polar surface area (TPSA) is 55.8 Å². The van der Waals surface area contributed by atoms with Gasteiger partial charge in [-0.15, -0.1) is 0 Å². The average Bonchev–Trinajstić information content (AvgIpc) is 3.16. The van der Waals surface area contributed by atoms with Crippen LogP contribution in [0.4, 0.5) is 5.69 Å². The van der Waals surface area contributed by atoms with E-state index in [0.717, 1.165) is 0 Å². The van der Waals surface area contributed by atoms with E-state index in [1.165, 1.54) is 0 Å². The highest BCUT2D eigenvalue weighted by molar-refractivity contribution is 6.31. The summed E-state index contributed by atoms with van der Waals surface area (Å²) in [4.78, 5) is 26.9. The summed E-state index contributed by atoms with van der Waals surface area (Å²) >= 11 is 6.03. The number of anilines is 1. The van der Waals surface area contributed by atoms with Crippen LogP contribution in [0.2, 0.25) is 5.02 Å².